The van der Waals surface area contributed by atoms with Gasteiger partial charge in [0.05, 0.1) is 23.5 Å². The monoisotopic (exact) mass is 396 g/mol. The topological polar surface area (TPSA) is 50.2 Å². The Morgan fingerprint density at radius 1 is 1.21 bits per heavy atom. The van der Waals surface area contributed by atoms with Crippen LogP contribution in [-0.4, -0.2) is 33.4 Å². The van der Waals surface area contributed by atoms with Crippen LogP contribution < -0.4 is 5.32 Å². The fraction of sp³-hybridized carbons (Fsp3) is 0.364. The van der Waals surface area contributed by atoms with Crippen molar-refractivity contribution in [2.75, 3.05) is 13.1 Å². The van der Waals surface area contributed by atoms with Crippen molar-refractivity contribution in [2.24, 2.45) is 13.0 Å². The van der Waals surface area contributed by atoms with Crippen LogP contribution in [0.25, 0.3) is 11.0 Å². The van der Waals surface area contributed by atoms with E-state index < -0.39 is 0 Å². The SMILES string of the molecule is Cn1c(CN2CCC[C@@H](C(=O)NCc3ccccc3Cl)C2)nc2ccccc21. The number of likely N-dealkylation sites (tertiary alicyclic amines) is 1. The molecule has 0 unspecified atom stereocenters. The van der Waals surface area contributed by atoms with Gasteiger partial charge in [0.2, 0.25) is 5.91 Å². The maximum atomic E-state index is 12.7. The number of aryl methyl sites for hydroxylation is 1. The quantitative estimate of drug-likeness (QED) is 0.714. The number of hydrogen-bond acceptors (Lipinski definition) is 3. The van der Waals surface area contributed by atoms with E-state index in [9.17, 15) is 4.79 Å². The number of benzene rings is 2. The summed E-state index contributed by atoms with van der Waals surface area (Å²) < 4.78 is 2.15. The van der Waals surface area contributed by atoms with Crippen LogP contribution in [-0.2, 0) is 24.9 Å². The first-order valence-corrected chi connectivity index (χ1v) is 10.1. The first-order valence-electron chi connectivity index (χ1n) is 9.75. The molecule has 0 saturated carbocycles. The minimum absolute atomic E-state index is 0.00548. The molecule has 0 radical (unpaired) electrons. The molecule has 1 saturated heterocycles. The molecule has 1 atom stereocenters. The van der Waals surface area contributed by atoms with Gasteiger partial charge in [-0.15, -0.1) is 0 Å². The molecule has 0 aliphatic carbocycles. The summed E-state index contributed by atoms with van der Waals surface area (Å²) >= 11 is 6.19. The van der Waals surface area contributed by atoms with Gasteiger partial charge in [-0.2, -0.15) is 0 Å². The predicted molar refractivity (Wildman–Crippen MR) is 112 cm³/mol. The van der Waals surface area contributed by atoms with E-state index >= 15 is 0 Å². The van der Waals surface area contributed by atoms with Crippen molar-refractivity contribution < 1.29 is 4.79 Å². The lowest BCUT2D eigenvalue weighted by Crippen LogP contribution is -2.42. The standard InChI is InChI=1S/C22H25ClN4O/c1-26-20-11-5-4-10-19(20)25-21(26)15-27-12-6-8-17(14-27)22(28)24-13-16-7-2-3-9-18(16)23/h2-5,7,9-11,17H,6,8,12-15H2,1H3,(H,24,28)/t17-/m1/s1. The minimum atomic E-state index is 0.00548. The van der Waals surface area contributed by atoms with Gasteiger partial charge in [-0.25, -0.2) is 4.98 Å². The molecule has 0 bridgehead atoms. The summed E-state index contributed by atoms with van der Waals surface area (Å²) in [5.74, 6) is 1.15. The van der Waals surface area contributed by atoms with E-state index in [2.05, 4.69) is 27.9 Å². The number of piperidine rings is 1. The maximum Gasteiger partial charge on any atom is 0.224 e. The second-order valence-corrected chi connectivity index (χ2v) is 7.87. The molecule has 28 heavy (non-hydrogen) atoms. The lowest BCUT2D eigenvalue weighted by atomic mass is 9.97. The number of fused-ring (bicyclic) bond motifs is 1. The summed E-state index contributed by atoms with van der Waals surface area (Å²) in [6.45, 7) is 2.99. The molecule has 3 aromatic rings. The second kappa shape index (κ2) is 8.33. The Bertz CT molecular complexity index is 984. The number of carbonyl (C=O) groups is 1. The van der Waals surface area contributed by atoms with Gasteiger partial charge >= 0.3 is 0 Å². The highest BCUT2D eigenvalue weighted by Crippen LogP contribution is 2.21. The molecule has 5 nitrogen and oxygen atoms in total. The minimum Gasteiger partial charge on any atom is -0.352 e. The van der Waals surface area contributed by atoms with Crippen molar-refractivity contribution in [1.29, 1.82) is 0 Å². The molecule has 1 aliphatic rings. The van der Waals surface area contributed by atoms with E-state index in [4.69, 9.17) is 16.6 Å². The third-order valence-electron chi connectivity index (χ3n) is 5.53. The normalized spacial score (nSPS) is 17.7. The maximum absolute atomic E-state index is 12.7. The molecule has 146 valence electrons. The van der Waals surface area contributed by atoms with Crippen LogP contribution in [0, 0.1) is 5.92 Å². The van der Waals surface area contributed by atoms with E-state index in [0.29, 0.717) is 11.6 Å². The van der Waals surface area contributed by atoms with Crippen molar-refractivity contribution in [3.05, 3.63) is 64.9 Å². The number of nitrogens with zero attached hydrogens (tertiary/aromatic N) is 3. The lowest BCUT2D eigenvalue weighted by Gasteiger charge is -2.31. The van der Waals surface area contributed by atoms with Crippen LogP contribution in [0.3, 0.4) is 0 Å². The number of aromatic nitrogens is 2. The van der Waals surface area contributed by atoms with Gasteiger partial charge in [-0.3, -0.25) is 9.69 Å². The van der Waals surface area contributed by atoms with E-state index in [1.165, 1.54) is 0 Å². The molecule has 2 aromatic carbocycles. The molecule has 6 heteroatoms. The van der Waals surface area contributed by atoms with Gasteiger partial charge in [0.25, 0.3) is 0 Å². The van der Waals surface area contributed by atoms with Crippen LogP contribution >= 0.6 is 11.6 Å². The van der Waals surface area contributed by atoms with Crippen LogP contribution in [0.2, 0.25) is 5.02 Å². The van der Waals surface area contributed by atoms with E-state index in [1.807, 2.05) is 42.5 Å². The third-order valence-corrected chi connectivity index (χ3v) is 5.90. The van der Waals surface area contributed by atoms with Gasteiger partial charge in [-0.05, 0) is 43.1 Å². The van der Waals surface area contributed by atoms with Crippen LogP contribution in [0.15, 0.2) is 48.5 Å². The zero-order valence-corrected chi connectivity index (χ0v) is 16.8. The first kappa shape index (κ1) is 19.0. The van der Waals surface area contributed by atoms with Gasteiger partial charge in [0, 0.05) is 25.2 Å². The number of rotatable bonds is 5. The second-order valence-electron chi connectivity index (χ2n) is 7.46. The Labute approximate surface area is 170 Å². The average molecular weight is 397 g/mol. The predicted octanol–water partition coefficient (Wildman–Crippen LogP) is 3.76. The Kier molecular flexibility index (Phi) is 5.64. The highest BCUT2D eigenvalue weighted by atomic mass is 35.5. The van der Waals surface area contributed by atoms with Gasteiger partial charge in [0.15, 0.2) is 0 Å². The number of hydrogen-bond donors (Lipinski definition) is 1. The molecule has 1 amide bonds. The smallest absolute Gasteiger partial charge is 0.224 e. The summed E-state index contributed by atoms with van der Waals surface area (Å²) in [6, 6.07) is 15.8. The summed E-state index contributed by atoms with van der Waals surface area (Å²) in [6.07, 6.45) is 1.95. The zero-order chi connectivity index (χ0) is 19.5. The van der Waals surface area contributed by atoms with Crippen molar-refractivity contribution in [3.63, 3.8) is 0 Å². The molecule has 1 aliphatic heterocycles. The molecule has 2 heterocycles. The fourth-order valence-corrected chi connectivity index (χ4v) is 4.12. The molecular formula is C22H25ClN4O. The first-order chi connectivity index (χ1) is 13.6. The van der Waals surface area contributed by atoms with E-state index in [0.717, 1.165) is 54.9 Å². The molecule has 4 rings (SSSR count). The van der Waals surface area contributed by atoms with Crippen LogP contribution in [0.4, 0.5) is 0 Å². The highest BCUT2D eigenvalue weighted by molar-refractivity contribution is 6.31. The number of nitrogens with one attached hydrogen (secondary N) is 1. The summed E-state index contributed by atoms with van der Waals surface area (Å²) in [7, 11) is 2.06. The van der Waals surface area contributed by atoms with Crippen molar-refractivity contribution in [3.8, 4) is 0 Å². The number of carbonyl (C=O) groups excluding carboxylic acids is 1. The highest BCUT2D eigenvalue weighted by Gasteiger charge is 2.26. The largest absolute Gasteiger partial charge is 0.352 e. The molecule has 1 aromatic heterocycles. The van der Waals surface area contributed by atoms with Crippen molar-refractivity contribution in [2.45, 2.75) is 25.9 Å². The van der Waals surface area contributed by atoms with Crippen molar-refractivity contribution in [1.82, 2.24) is 19.8 Å². The Balaban J connectivity index is 1.37. The Hall–Kier alpha value is -2.37. The lowest BCUT2D eigenvalue weighted by molar-refractivity contribution is -0.127. The number of amides is 1. The van der Waals surface area contributed by atoms with Crippen LogP contribution in [0.5, 0.6) is 0 Å². The average Bonchev–Trinajstić information content (AvgIpc) is 3.03. The van der Waals surface area contributed by atoms with E-state index in [-0.39, 0.29) is 11.8 Å². The number of halogens is 1. The van der Waals surface area contributed by atoms with Crippen molar-refractivity contribution >= 4 is 28.5 Å². The van der Waals surface area contributed by atoms with Gasteiger partial charge in [-0.1, -0.05) is 41.9 Å². The Morgan fingerprint density at radius 2 is 2.00 bits per heavy atom. The number of para-hydroxylation sites is 2. The fourth-order valence-electron chi connectivity index (χ4n) is 3.92. The molecular weight excluding hydrogens is 372 g/mol. The summed E-state index contributed by atoms with van der Waals surface area (Å²) in [5, 5.41) is 3.75. The molecule has 1 fully saturated rings. The van der Waals surface area contributed by atoms with Gasteiger partial charge in [0.1, 0.15) is 5.82 Å². The van der Waals surface area contributed by atoms with Crippen LogP contribution in [0.1, 0.15) is 24.2 Å². The number of imidazole rings is 1. The molecule has 1 N–H and O–H groups in total. The third kappa shape index (κ3) is 4.05. The Morgan fingerprint density at radius 3 is 2.82 bits per heavy atom. The molecule has 0 spiro atoms. The summed E-state index contributed by atoms with van der Waals surface area (Å²) in [4.78, 5) is 19.8. The summed E-state index contributed by atoms with van der Waals surface area (Å²) in [5.41, 5.74) is 3.11. The van der Waals surface area contributed by atoms with Gasteiger partial charge < -0.3 is 9.88 Å². The zero-order valence-electron chi connectivity index (χ0n) is 16.1. The van der Waals surface area contributed by atoms with E-state index in [1.54, 1.807) is 0 Å².